The molecule has 0 radical (unpaired) electrons. The van der Waals surface area contributed by atoms with Crippen LogP contribution in [0.4, 0.5) is 0 Å². The Balaban J connectivity index is 2.10. The van der Waals surface area contributed by atoms with Gasteiger partial charge in [0.15, 0.2) is 0 Å². The van der Waals surface area contributed by atoms with Crippen LogP contribution in [0, 0.1) is 0 Å². The van der Waals surface area contributed by atoms with Gasteiger partial charge < -0.3 is 0 Å². The van der Waals surface area contributed by atoms with Gasteiger partial charge in [-0.15, -0.1) is 0 Å². The van der Waals surface area contributed by atoms with Crippen molar-refractivity contribution in [3.05, 3.63) is 59.7 Å². The van der Waals surface area contributed by atoms with Crippen molar-refractivity contribution in [3.8, 4) is 0 Å². The summed E-state index contributed by atoms with van der Waals surface area (Å²) in [6.07, 6.45) is 4.24. The molecule has 19 heavy (non-hydrogen) atoms. The highest BCUT2D eigenvalue weighted by Gasteiger charge is 2.13. The maximum Gasteiger partial charge on any atom is 0.146 e. The molecule has 2 rings (SSSR count). The zero-order valence-corrected chi connectivity index (χ0v) is 11.4. The quantitative estimate of drug-likeness (QED) is 0.636. The number of nitrogens with zero attached hydrogens (tertiary/aromatic N) is 2. The largest absolute Gasteiger partial charge is 0.271 e. The van der Waals surface area contributed by atoms with Gasteiger partial charge in [-0.25, -0.2) is 15.4 Å². The van der Waals surface area contributed by atoms with E-state index in [4.69, 9.17) is 5.84 Å². The Morgan fingerprint density at radius 3 is 2.26 bits per heavy atom. The lowest BCUT2D eigenvalue weighted by Crippen LogP contribution is -2.30. The molecule has 0 aliphatic rings. The molecule has 1 atom stereocenters. The van der Waals surface area contributed by atoms with Crippen molar-refractivity contribution in [2.75, 3.05) is 0 Å². The van der Waals surface area contributed by atoms with Crippen LogP contribution >= 0.6 is 0 Å². The number of nitrogens with one attached hydrogen (secondary N) is 1. The van der Waals surface area contributed by atoms with Gasteiger partial charge in [0.05, 0.1) is 6.04 Å². The number of hydrogen-bond acceptors (Lipinski definition) is 4. The van der Waals surface area contributed by atoms with Crippen LogP contribution < -0.4 is 11.3 Å². The van der Waals surface area contributed by atoms with Crippen LogP contribution in [-0.2, 0) is 6.42 Å². The Morgan fingerprint density at radius 1 is 1.11 bits per heavy atom. The van der Waals surface area contributed by atoms with E-state index in [1.807, 2.05) is 0 Å². The summed E-state index contributed by atoms with van der Waals surface area (Å²) in [5.74, 6) is 6.87. The van der Waals surface area contributed by atoms with E-state index >= 15 is 0 Å². The third-order valence-corrected chi connectivity index (χ3v) is 3.18. The van der Waals surface area contributed by atoms with Crippen molar-refractivity contribution in [2.45, 2.75) is 32.2 Å². The summed E-state index contributed by atoms with van der Waals surface area (Å²) in [4.78, 5) is 8.48. The molecule has 1 heterocycles. The Bertz CT molecular complexity index is 493. The van der Waals surface area contributed by atoms with Crippen molar-refractivity contribution >= 4 is 0 Å². The molecule has 0 bridgehead atoms. The van der Waals surface area contributed by atoms with E-state index in [1.54, 1.807) is 18.5 Å². The minimum Gasteiger partial charge on any atom is -0.271 e. The minimum absolute atomic E-state index is 0.0638. The molecule has 0 saturated carbocycles. The standard InChI is InChI=1S/C15H20N4/c1-11(2)13-6-4-12(5-7-13)10-14(19-16)15-17-8-3-9-18-15/h3-9,11,14,19H,10,16H2,1-2H3. The predicted molar refractivity (Wildman–Crippen MR) is 76.3 cm³/mol. The summed E-state index contributed by atoms with van der Waals surface area (Å²) in [5, 5.41) is 0. The van der Waals surface area contributed by atoms with Crippen molar-refractivity contribution in [2.24, 2.45) is 5.84 Å². The molecule has 0 fully saturated rings. The first-order chi connectivity index (χ1) is 9.20. The fourth-order valence-corrected chi connectivity index (χ4v) is 1.99. The third kappa shape index (κ3) is 3.59. The summed E-state index contributed by atoms with van der Waals surface area (Å²) in [5.41, 5.74) is 5.35. The topological polar surface area (TPSA) is 63.8 Å². The van der Waals surface area contributed by atoms with E-state index < -0.39 is 0 Å². The molecule has 2 aromatic rings. The first kappa shape index (κ1) is 13.6. The molecule has 4 heteroatoms. The van der Waals surface area contributed by atoms with Gasteiger partial charge in [0.1, 0.15) is 5.82 Å². The number of hydrogen-bond donors (Lipinski definition) is 2. The number of nitrogens with two attached hydrogens (primary N) is 1. The lowest BCUT2D eigenvalue weighted by atomic mass is 9.99. The minimum atomic E-state index is -0.0638. The van der Waals surface area contributed by atoms with E-state index in [0.717, 1.165) is 12.2 Å². The van der Waals surface area contributed by atoms with Crippen LogP contribution in [0.3, 0.4) is 0 Å². The van der Waals surface area contributed by atoms with Gasteiger partial charge >= 0.3 is 0 Å². The van der Waals surface area contributed by atoms with Crippen LogP contribution in [0.15, 0.2) is 42.7 Å². The average Bonchev–Trinajstić information content (AvgIpc) is 2.46. The van der Waals surface area contributed by atoms with Gasteiger partial charge in [0.2, 0.25) is 0 Å². The summed E-state index contributed by atoms with van der Waals surface area (Å²) >= 11 is 0. The normalized spacial score (nSPS) is 12.6. The van der Waals surface area contributed by atoms with Crippen LogP contribution in [0.5, 0.6) is 0 Å². The van der Waals surface area contributed by atoms with Gasteiger partial charge in [-0.3, -0.25) is 5.84 Å². The Hall–Kier alpha value is -1.78. The molecule has 100 valence electrons. The Kier molecular flexibility index (Phi) is 4.60. The molecule has 3 N–H and O–H groups in total. The molecular formula is C15H20N4. The Morgan fingerprint density at radius 2 is 1.74 bits per heavy atom. The number of rotatable bonds is 5. The average molecular weight is 256 g/mol. The van der Waals surface area contributed by atoms with E-state index in [-0.39, 0.29) is 6.04 Å². The highest BCUT2D eigenvalue weighted by molar-refractivity contribution is 5.25. The monoisotopic (exact) mass is 256 g/mol. The first-order valence-electron chi connectivity index (χ1n) is 6.52. The van der Waals surface area contributed by atoms with Crippen molar-refractivity contribution in [3.63, 3.8) is 0 Å². The maximum absolute atomic E-state index is 5.60. The second kappa shape index (κ2) is 6.41. The van der Waals surface area contributed by atoms with E-state index in [1.165, 1.54) is 11.1 Å². The van der Waals surface area contributed by atoms with Crippen molar-refractivity contribution in [1.29, 1.82) is 0 Å². The molecule has 4 nitrogen and oxygen atoms in total. The lowest BCUT2D eigenvalue weighted by Gasteiger charge is -2.14. The molecule has 1 unspecified atom stereocenters. The summed E-state index contributed by atoms with van der Waals surface area (Å²) < 4.78 is 0. The highest BCUT2D eigenvalue weighted by Crippen LogP contribution is 2.18. The zero-order valence-electron chi connectivity index (χ0n) is 11.4. The smallest absolute Gasteiger partial charge is 0.146 e. The predicted octanol–water partition coefficient (Wildman–Crippen LogP) is 2.35. The number of hydrazine groups is 1. The van der Waals surface area contributed by atoms with Gasteiger partial charge in [-0.1, -0.05) is 38.1 Å². The van der Waals surface area contributed by atoms with E-state index in [0.29, 0.717) is 5.92 Å². The van der Waals surface area contributed by atoms with Gasteiger partial charge in [0.25, 0.3) is 0 Å². The lowest BCUT2D eigenvalue weighted by molar-refractivity contribution is 0.522. The Labute approximate surface area is 114 Å². The fourth-order valence-electron chi connectivity index (χ4n) is 1.99. The van der Waals surface area contributed by atoms with Crippen LogP contribution in [-0.4, -0.2) is 9.97 Å². The van der Waals surface area contributed by atoms with Gasteiger partial charge in [0, 0.05) is 12.4 Å². The fraction of sp³-hybridized carbons (Fsp3) is 0.333. The zero-order chi connectivity index (χ0) is 13.7. The summed E-state index contributed by atoms with van der Waals surface area (Å²) in [6, 6.07) is 10.4. The summed E-state index contributed by atoms with van der Waals surface area (Å²) in [6.45, 7) is 4.38. The van der Waals surface area contributed by atoms with E-state index in [2.05, 4.69) is 53.5 Å². The SMILES string of the molecule is CC(C)c1ccc(CC(NN)c2ncccn2)cc1. The van der Waals surface area contributed by atoms with Gasteiger partial charge in [-0.2, -0.15) is 0 Å². The molecule has 1 aromatic carbocycles. The molecule has 0 amide bonds. The molecule has 1 aromatic heterocycles. The van der Waals surface area contributed by atoms with Gasteiger partial charge in [-0.05, 0) is 29.5 Å². The first-order valence-corrected chi connectivity index (χ1v) is 6.52. The van der Waals surface area contributed by atoms with Crippen LogP contribution in [0.25, 0.3) is 0 Å². The molecule has 0 spiro atoms. The summed E-state index contributed by atoms with van der Waals surface area (Å²) in [7, 11) is 0. The molecular weight excluding hydrogens is 236 g/mol. The second-order valence-corrected chi connectivity index (χ2v) is 4.93. The molecule has 0 aliphatic carbocycles. The van der Waals surface area contributed by atoms with Crippen molar-refractivity contribution in [1.82, 2.24) is 15.4 Å². The number of aromatic nitrogens is 2. The second-order valence-electron chi connectivity index (χ2n) is 4.93. The van der Waals surface area contributed by atoms with Crippen molar-refractivity contribution < 1.29 is 0 Å². The number of benzene rings is 1. The van der Waals surface area contributed by atoms with Crippen LogP contribution in [0.1, 0.15) is 42.8 Å². The molecule has 0 aliphatic heterocycles. The maximum atomic E-state index is 5.60. The van der Waals surface area contributed by atoms with Crippen LogP contribution in [0.2, 0.25) is 0 Å². The highest BCUT2D eigenvalue weighted by atomic mass is 15.2. The molecule has 0 saturated heterocycles. The third-order valence-electron chi connectivity index (χ3n) is 3.18. The van der Waals surface area contributed by atoms with E-state index in [9.17, 15) is 0 Å².